The molecule has 0 saturated heterocycles. The molecular formula is C22H25ClN2O5S. The van der Waals surface area contributed by atoms with Gasteiger partial charge < -0.3 is 10.1 Å². The van der Waals surface area contributed by atoms with E-state index < -0.39 is 28.5 Å². The van der Waals surface area contributed by atoms with E-state index in [0.717, 1.165) is 17.5 Å². The van der Waals surface area contributed by atoms with Crippen LogP contribution >= 0.6 is 11.6 Å². The van der Waals surface area contributed by atoms with Crippen LogP contribution in [0.1, 0.15) is 41.8 Å². The minimum absolute atomic E-state index is 0.0436. The molecule has 9 heteroatoms. The third-order valence-corrected chi connectivity index (χ3v) is 7.42. The number of fused-ring (bicyclic) bond motifs is 1. The van der Waals surface area contributed by atoms with E-state index in [9.17, 15) is 18.0 Å². The summed E-state index contributed by atoms with van der Waals surface area (Å²) in [5, 5.41) is 2.74. The normalized spacial score (nSPS) is 15.1. The Balaban J connectivity index is 1.75. The highest BCUT2D eigenvalue weighted by Gasteiger charge is 2.29. The Labute approximate surface area is 187 Å². The van der Waals surface area contributed by atoms with E-state index in [2.05, 4.69) is 5.32 Å². The number of hydrogen-bond donors (Lipinski definition) is 1. The summed E-state index contributed by atoms with van der Waals surface area (Å²) >= 11 is 6.11. The number of rotatable bonds is 7. The number of halogens is 1. The average molecular weight is 465 g/mol. The Morgan fingerprint density at radius 3 is 2.61 bits per heavy atom. The van der Waals surface area contributed by atoms with Crippen LogP contribution in [0.2, 0.25) is 5.02 Å². The number of carbonyl (C=O) groups is 2. The lowest BCUT2D eigenvalue weighted by atomic mass is 10.0. The van der Waals surface area contributed by atoms with Gasteiger partial charge in [-0.1, -0.05) is 42.8 Å². The first-order valence-corrected chi connectivity index (χ1v) is 11.9. The molecule has 0 saturated carbocycles. The summed E-state index contributed by atoms with van der Waals surface area (Å²) in [6.07, 6.45) is 1.36. The van der Waals surface area contributed by atoms with Crippen molar-refractivity contribution in [2.24, 2.45) is 0 Å². The van der Waals surface area contributed by atoms with Gasteiger partial charge in [-0.25, -0.2) is 13.2 Å². The van der Waals surface area contributed by atoms with Crippen LogP contribution in [0, 0.1) is 0 Å². The SMILES string of the molecule is CCC(C)NC(=O)COC(=O)c1cc(S(=O)(=O)N2CCc3ccccc3C2)ccc1Cl. The summed E-state index contributed by atoms with van der Waals surface area (Å²) in [6, 6.07) is 11.6. The first-order valence-electron chi connectivity index (χ1n) is 10.0. The monoisotopic (exact) mass is 464 g/mol. The maximum atomic E-state index is 13.2. The molecule has 2 aromatic carbocycles. The van der Waals surface area contributed by atoms with E-state index in [0.29, 0.717) is 13.0 Å². The van der Waals surface area contributed by atoms with Gasteiger partial charge in [-0.3, -0.25) is 4.79 Å². The summed E-state index contributed by atoms with van der Waals surface area (Å²) in [5.74, 6) is -1.29. The summed E-state index contributed by atoms with van der Waals surface area (Å²) < 4.78 is 32.8. The minimum Gasteiger partial charge on any atom is -0.452 e. The molecule has 0 aromatic heterocycles. The number of nitrogens with zero attached hydrogens (tertiary/aromatic N) is 1. The van der Waals surface area contributed by atoms with Gasteiger partial charge in [0.2, 0.25) is 10.0 Å². The van der Waals surface area contributed by atoms with Crippen molar-refractivity contribution in [1.82, 2.24) is 9.62 Å². The highest BCUT2D eigenvalue weighted by atomic mass is 35.5. The molecule has 0 aliphatic carbocycles. The van der Waals surface area contributed by atoms with Gasteiger partial charge in [0.05, 0.1) is 15.5 Å². The molecule has 1 aliphatic rings. The molecule has 1 atom stereocenters. The van der Waals surface area contributed by atoms with Crippen molar-refractivity contribution >= 4 is 33.5 Å². The molecule has 31 heavy (non-hydrogen) atoms. The molecule has 1 amide bonds. The van der Waals surface area contributed by atoms with Crippen LogP contribution in [0.3, 0.4) is 0 Å². The second kappa shape index (κ2) is 9.80. The van der Waals surface area contributed by atoms with E-state index in [-0.39, 0.29) is 28.1 Å². The number of nitrogens with one attached hydrogen (secondary N) is 1. The molecule has 2 aromatic rings. The lowest BCUT2D eigenvalue weighted by Crippen LogP contribution is -2.36. The Morgan fingerprint density at radius 1 is 1.19 bits per heavy atom. The summed E-state index contributed by atoms with van der Waals surface area (Å²) in [6.45, 7) is 3.89. The predicted molar refractivity (Wildman–Crippen MR) is 117 cm³/mol. The Morgan fingerprint density at radius 2 is 1.90 bits per heavy atom. The second-order valence-electron chi connectivity index (χ2n) is 7.45. The van der Waals surface area contributed by atoms with Gasteiger partial charge in [-0.05, 0) is 49.1 Å². The fraction of sp³-hybridized carbons (Fsp3) is 0.364. The highest BCUT2D eigenvalue weighted by Crippen LogP contribution is 2.27. The van der Waals surface area contributed by atoms with Crippen LogP contribution in [0.5, 0.6) is 0 Å². The van der Waals surface area contributed by atoms with Gasteiger partial charge in [0.1, 0.15) is 0 Å². The number of amides is 1. The van der Waals surface area contributed by atoms with Gasteiger partial charge in [0.25, 0.3) is 5.91 Å². The van der Waals surface area contributed by atoms with E-state index in [1.807, 2.05) is 38.1 Å². The van der Waals surface area contributed by atoms with Gasteiger partial charge in [-0.15, -0.1) is 0 Å². The molecular weight excluding hydrogens is 440 g/mol. The smallest absolute Gasteiger partial charge is 0.340 e. The maximum absolute atomic E-state index is 13.2. The molecule has 0 bridgehead atoms. The third-order valence-electron chi connectivity index (χ3n) is 5.25. The van der Waals surface area contributed by atoms with Crippen LogP contribution < -0.4 is 5.32 Å². The number of benzene rings is 2. The zero-order chi connectivity index (χ0) is 22.6. The molecule has 1 aliphatic heterocycles. The van der Waals surface area contributed by atoms with E-state index in [1.165, 1.54) is 22.5 Å². The number of esters is 1. The van der Waals surface area contributed by atoms with Gasteiger partial charge in [0.15, 0.2) is 6.61 Å². The van der Waals surface area contributed by atoms with Gasteiger partial charge >= 0.3 is 5.97 Å². The molecule has 0 spiro atoms. The van der Waals surface area contributed by atoms with Crippen LogP contribution in [0.15, 0.2) is 47.4 Å². The van der Waals surface area contributed by atoms with Crippen molar-refractivity contribution in [3.05, 3.63) is 64.2 Å². The number of hydrogen-bond acceptors (Lipinski definition) is 5. The zero-order valence-corrected chi connectivity index (χ0v) is 19.0. The zero-order valence-electron chi connectivity index (χ0n) is 17.4. The number of carbonyl (C=O) groups excluding carboxylic acids is 2. The Hall–Kier alpha value is -2.42. The highest BCUT2D eigenvalue weighted by molar-refractivity contribution is 7.89. The largest absolute Gasteiger partial charge is 0.452 e. The Bertz CT molecular complexity index is 1090. The van der Waals surface area contributed by atoms with Crippen molar-refractivity contribution < 1.29 is 22.7 Å². The predicted octanol–water partition coefficient (Wildman–Crippen LogP) is 3.16. The second-order valence-corrected chi connectivity index (χ2v) is 9.80. The average Bonchev–Trinajstić information content (AvgIpc) is 2.77. The standard InChI is InChI=1S/C22H25ClN2O5S/c1-3-15(2)24-21(26)14-30-22(27)19-12-18(8-9-20(19)23)31(28,29)25-11-10-16-6-4-5-7-17(16)13-25/h4-9,12,15H,3,10-11,13-14H2,1-2H3,(H,24,26). The summed E-state index contributed by atoms with van der Waals surface area (Å²) in [4.78, 5) is 24.2. The van der Waals surface area contributed by atoms with Crippen LogP contribution in [-0.4, -0.2) is 43.8 Å². The molecule has 0 fully saturated rings. The number of ether oxygens (including phenoxy) is 1. The first-order chi connectivity index (χ1) is 14.7. The minimum atomic E-state index is -3.84. The van der Waals surface area contributed by atoms with Crippen LogP contribution in [-0.2, 0) is 32.5 Å². The molecule has 1 N–H and O–H groups in total. The topological polar surface area (TPSA) is 92.8 Å². The van der Waals surface area contributed by atoms with Gasteiger partial charge in [-0.2, -0.15) is 4.31 Å². The fourth-order valence-corrected chi connectivity index (χ4v) is 4.91. The lowest BCUT2D eigenvalue weighted by Gasteiger charge is -2.28. The molecule has 1 heterocycles. The van der Waals surface area contributed by atoms with Crippen LogP contribution in [0.4, 0.5) is 0 Å². The van der Waals surface area contributed by atoms with E-state index in [1.54, 1.807) is 0 Å². The van der Waals surface area contributed by atoms with Crippen molar-refractivity contribution in [2.45, 2.75) is 44.2 Å². The van der Waals surface area contributed by atoms with Crippen molar-refractivity contribution in [3.8, 4) is 0 Å². The third kappa shape index (κ3) is 5.44. The van der Waals surface area contributed by atoms with Crippen molar-refractivity contribution in [1.29, 1.82) is 0 Å². The molecule has 166 valence electrons. The van der Waals surface area contributed by atoms with Crippen LogP contribution in [0.25, 0.3) is 0 Å². The molecule has 3 rings (SSSR count). The fourth-order valence-electron chi connectivity index (χ4n) is 3.27. The van der Waals surface area contributed by atoms with E-state index >= 15 is 0 Å². The lowest BCUT2D eigenvalue weighted by molar-refractivity contribution is -0.124. The summed E-state index contributed by atoms with van der Waals surface area (Å²) in [7, 11) is -3.84. The van der Waals surface area contributed by atoms with E-state index in [4.69, 9.17) is 16.3 Å². The van der Waals surface area contributed by atoms with Gasteiger partial charge in [0, 0.05) is 19.1 Å². The summed E-state index contributed by atoms with van der Waals surface area (Å²) in [5.41, 5.74) is 1.99. The molecule has 0 radical (unpaired) electrons. The Kier molecular flexibility index (Phi) is 7.35. The van der Waals surface area contributed by atoms with Crippen molar-refractivity contribution in [2.75, 3.05) is 13.2 Å². The van der Waals surface area contributed by atoms with Crippen molar-refractivity contribution in [3.63, 3.8) is 0 Å². The molecule has 7 nitrogen and oxygen atoms in total. The first kappa shape index (κ1) is 23.2. The number of sulfonamides is 1. The quantitative estimate of drug-likeness (QED) is 0.635. The maximum Gasteiger partial charge on any atom is 0.340 e. The molecule has 1 unspecified atom stereocenters.